The van der Waals surface area contributed by atoms with Crippen LogP contribution in [0.4, 0.5) is 20.2 Å². The van der Waals surface area contributed by atoms with Gasteiger partial charge in [0.25, 0.3) is 5.91 Å². The number of nitrogen functional groups attached to an aromatic ring is 1. The third kappa shape index (κ3) is 3.08. The van der Waals surface area contributed by atoms with Gasteiger partial charge in [-0.2, -0.15) is 0 Å². The molecular weight excluding hydrogens is 282 g/mol. The molecule has 0 saturated heterocycles. The summed E-state index contributed by atoms with van der Waals surface area (Å²) in [6.45, 7) is 0. The van der Waals surface area contributed by atoms with Gasteiger partial charge in [0, 0.05) is 16.5 Å². The van der Waals surface area contributed by atoms with Crippen molar-refractivity contribution in [1.82, 2.24) is 0 Å². The van der Waals surface area contributed by atoms with E-state index in [0.717, 1.165) is 11.0 Å². The molecule has 0 aliphatic heterocycles. The third-order valence-electron chi connectivity index (χ3n) is 2.68. The van der Waals surface area contributed by atoms with E-state index < -0.39 is 17.5 Å². The maximum atomic E-state index is 13.6. The van der Waals surface area contributed by atoms with E-state index in [-0.39, 0.29) is 11.4 Å². The second-order valence-corrected chi connectivity index (χ2v) is 4.91. The molecular formula is C14H12F2N2OS. The normalized spacial score (nSPS) is 10.3. The van der Waals surface area contributed by atoms with Crippen molar-refractivity contribution in [3.63, 3.8) is 0 Å². The molecule has 20 heavy (non-hydrogen) atoms. The zero-order chi connectivity index (χ0) is 14.7. The lowest BCUT2D eigenvalue weighted by molar-refractivity contribution is 0.102. The Morgan fingerprint density at radius 3 is 2.40 bits per heavy atom. The molecule has 0 aliphatic rings. The first-order valence-electron chi connectivity index (χ1n) is 5.71. The van der Waals surface area contributed by atoms with Crippen LogP contribution >= 0.6 is 11.8 Å². The monoisotopic (exact) mass is 294 g/mol. The number of carbonyl (C=O) groups excluding carboxylic acids is 1. The molecule has 6 heteroatoms. The van der Waals surface area contributed by atoms with Gasteiger partial charge in [-0.05, 0) is 36.6 Å². The molecule has 0 atom stereocenters. The molecule has 0 aliphatic carbocycles. The van der Waals surface area contributed by atoms with Gasteiger partial charge in [0.1, 0.15) is 11.5 Å². The van der Waals surface area contributed by atoms with Crippen LogP contribution in [0.15, 0.2) is 41.3 Å². The van der Waals surface area contributed by atoms with Crippen LogP contribution in [0.3, 0.4) is 0 Å². The van der Waals surface area contributed by atoms with E-state index in [1.54, 1.807) is 36.0 Å². The standard InChI is InChI=1S/C14H12F2N2OS/c1-20-10-4-2-8(3-5-10)14(19)18-13-11(16)6-9(15)7-12(13)17/h2-7H,17H2,1H3,(H,18,19). The molecule has 0 aromatic heterocycles. The van der Waals surface area contributed by atoms with Gasteiger partial charge in [0.15, 0.2) is 5.82 Å². The summed E-state index contributed by atoms with van der Waals surface area (Å²) in [5, 5.41) is 2.35. The quantitative estimate of drug-likeness (QED) is 0.672. The lowest BCUT2D eigenvalue weighted by Gasteiger charge is -2.09. The average Bonchev–Trinajstić information content (AvgIpc) is 2.42. The van der Waals surface area contributed by atoms with Crippen molar-refractivity contribution in [3.8, 4) is 0 Å². The van der Waals surface area contributed by atoms with Gasteiger partial charge in [-0.25, -0.2) is 8.78 Å². The summed E-state index contributed by atoms with van der Waals surface area (Å²) in [7, 11) is 0. The molecule has 0 heterocycles. The zero-order valence-electron chi connectivity index (χ0n) is 10.6. The Kier molecular flexibility index (Phi) is 4.24. The average molecular weight is 294 g/mol. The van der Waals surface area contributed by atoms with Crippen molar-refractivity contribution < 1.29 is 13.6 Å². The predicted octanol–water partition coefficient (Wildman–Crippen LogP) is 3.52. The minimum atomic E-state index is -0.906. The van der Waals surface area contributed by atoms with Crippen LogP contribution in [-0.4, -0.2) is 12.2 Å². The highest BCUT2D eigenvalue weighted by Gasteiger charge is 2.13. The van der Waals surface area contributed by atoms with Crippen molar-refractivity contribution in [3.05, 3.63) is 53.6 Å². The highest BCUT2D eigenvalue weighted by Crippen LogP contribution is 2.24. The minimum absolute atomic E-state index is 0.156. The smallest absolute Gasteiger partial charge is 0.255 e. The highest BCUT2D eigenvalue weighted by atomic mass is 32.2. The minimum Gasteiger partial charge on any atom is -0.397 e. The van der Waals surface area contributed by atoms with Crippen molar-refractivity contribution in [2.75, 3.05) is 17.3 Å². The lowest BCUT2D eigenvalue weighted by atomic mass is 10.2. The fourth-order valence-electron chi connectivity index (χ4n) is 1.65. The van der Waals surface area contributed by atoms with Crippen molar-refractivity contribution in [2.45, 2.75) is 4.90 Å². The largest absolute Gasteiger partial charge is 0.397 e. The Morgan fingerprint density at radius 2 is 1.85 bits per heavy atom. The molecule has 0 saturated carbocycles. The fourth-order valence-corrected chi connectivity index (χ4v) is 2.06. The second kappa shape index (κ2) is 5.92. The molecule has 1 amide bonds. The Morgan fingerprint density at radius 1 is 1.20 bits per heavy atom. The fraction of sp³-hybridized carbons (Fsp3) is 0.0714. The number of hydrogen-bond acceptors (Lipinski definition) is 3. The molecule has 0 bridgehead atoms. The van der Waals surface area contributed by atoms with E-state index in [2.05, 4.69) is 5.32 Å². The van der Waals surface area contributed by atoms with Crippen LogP contribution in [-0.2, 0) is 0 Å². The first kappa shape index (κ1) is 14.3. The van der Waals surface area contributed by atoms with E-state index in [4.69, 9.17) is 5.73 Å². The number of carbonyl (C=O) groups is 1. The molecule has 0 fully saturated rings. The van der Waals surface area contributed by atoms with E-state index in [9.17, 15) is 13.6 Å². The van der Waals surface area contributed by atoms with Gasteiger partial charge in [0.2, 0.25) is 0 Å². The van der Waals surface area contributed by atoms with Gasteiger partial charge in [-0.15, -0.1) is 11.8 Å². The molecule has 2 aromatic rings. The van der Waals surface area contributed by atoms with E-state index in [1.165, 1.54) is 0 Å². The van der Waals surface area contributed by atoms with E-state index in [0.29, 0.717) is 11.6 Å². The van der Waals surface area contributed by atoms with Crippen LogP contribution in [0.2, 0.25) is 0 Å². The summed E-state index contributed by atoms with van der Waals surface area (Å²) in [6, 6.07) is 8.43. The summed E-state index contributed by atoms with van der Waals surface area (Å²) in [5.41, 5.74) is 5.49. The Hall–Kier alpha value is -2.08. The van der Waals surface area contributed by atoms with Crippen molar-refractivity contribution in [1.29, 1.82) is 0 Å². The Labute approximate surface area is 119 Å². The summed E-state index contributed by atoms with van der Waals surface area (Å²) in [5.74, 6) is -2.20. The molecule has 3 N–H and O–H groups in total. The van der Waals surface area contributed by atoms with Gasteiger partial charge in [-0.3, -0.25) is 4.79 Å². The number of amides is 1. The number of thioether (sulfide) groups is 1. The molecule has 104 valence electrons. The molecule has 0 unspecified atom stereocenters. The SMILES string of the molecule is CSc1ccc(C(=O)Nc2c(N)cc(F)cc2F)cc1. The van der Waals surface area contributed by atoms with Gasteiger partial charge < -0.3 is 11.1 Å². The highest BCUT2D eigenvalue weighted by molar-refractivity contribution is 7.98. The topological polar surface area (TPSA) is 55.1 Å². The molecule has 2 rings (SSSR count). The number of nitrogens with one attached hydrogen (secondary N) is 1. The summed E-state index contributed by atoms with van der Waals surface area (Å²) < 4.78 is 26.5. The third-order valence-corrected chi connectivity index (χ3v) is 3.42. The predicted molar refractivity (Wildman–Crippen MR) is 76.9 cm³/mol. The van der Waals surface area contributed by atoms with Crippen molar-refractivity contribution in [2.24, 2.45) is 0 Å². The molecule has 0 spiro atoms. The van der Waals surface area contributed by atoms with Gasteiger partial charge in [-0.1, -0.05) is 0 Å². The zero-order valence-corrected chi connectivity index (χ0v) is 11.4. The van der Waals surface area contributed by atoms with E-state index in [1.807, 2.05) is 6.26 Å². The van der Waals surface area contributed by atoms with Crippen LogP contribution in [0, 0.1) is 11.6 Å². The number of nitrogens with two attached hydrogens (primary N) is 1. The maximum absolute atomic E-state index is 13.6. The van der Waals surface area contributed by atoms with Crippen LogP contribution in [0.5, 0.6) is 0 Å². The number of benzene rings is 2. The van der Waals surface area contributed by atoms with Crippen LogP contribution in [0.25, 0.3) is 0 Å². The van der Waals surface area contributed by atoms with E-state index >= 15 is 0 Å². The lowest BCUT2D eigenvalue weighted by Crippen LogP contribution is -2.14. The maximum Gasteiger partial charge on any atom is 0.255 e. The number of hydrogen-bond donors (Lipinski definition) is 2. The van der Waals surface area contributed by atoms with Gasteiger partial charge in [0.05, 0.1) is 5.69 Å². The number of anilines is 2. The molecule has 2 aromatic carbocycles. The summed E-state index contributed by atoms with van der Waals surface area (Å²) >= 11 is 1.55. The number of halogens is 2. The number of rotatable bonds is 3. The molecule has 0 radical (unpaired) electrons. The Bertz CT molecular complexity index is 621. The first-order valence-corrected chi connectivity index (χ1v) is 6.93. The Balaban J connectivity index is 2.23. The summed E-state index contributed by atoms with van der Waals surface area (Å²) in [4.78, 5) is 13.0. The molecule has 3 nitrogen and oxygen atoms in total. The van der Waals surface area contributed by atoms with Crippen LogP contribution in [0.1, 0.15) is 10.4 Å². The summed E-state index contributed by atoms with van der Waals surface area (Å²) in [6.07, 6.45) is 1.92. The van der Waals surface area contributed by atoms with Gasteiger partial charge >= 0.3 is 0 Å². The van der Waals surface area contributed by atoms with Crippen LogP contribution < -0.4 is 11.1 Å². The van der Waals surface area contributed by atoms with Crippen molar-refractivity contribution >= 4 is 29.0 Å². The second-order valence-electron chi connectivity index (χ2n) is 4.03. The first-order chi connectivity index (χ1) is 9.51.